The summed E-state index contributed by atoms with van der Waals surface area (Å²) in [5.74, 6) is 0.669. The number of aromatic nitrogens is 2. The summed E-state index contributed by atoms with van der Waals surface area (Å²) in [5.41, 5.74) is 0.963. The molecule has 1 fully saturated rings. The highest BCUT2D eigenvalue weighted by molar-refractivity contribution is 5.11. The third kappa shape index (κ3) is 4.26. The zero-order valence-corrected chi connectivity index (χ0v) is 11.2. The quantitative estimate of drug-likeness (QED) is 0.815. The molecule has 1 aromatic heterocycles. The highest BCUT2D eigenvalue weighted by Gasteiger charge is 2.14. The van der Waals surface area contributed by atoms with E-state index in [0.717, 1.165) is 31.6 Å². The van der Waals surface area contributed by atoms with Gasteiger partial charge in [0, 0.05) is 12.6 Å². The van der Waals surface area contributed by atoms with Gasteiger partial charge in [-0.1, -0.05) is 19.8 Å². The van der Waals surface area contributed by atoms with E-state index in [1.54, 1.807) is 0 Å². The molecule has 0 atom stereocenters. The van der Waals surface area contributed by atoms with Gasteiger partial charge in [0.25, 0.3) is 0 Å². The lowest BCUT2D eigenvalue weighted by Crippen LogP contribution is -2.17. The summed E-state index contributed by atoms with van der Waals surface area (Å²) in [6.45, 7) is 3.80. The van der Waals surface area contributed by atoms with Crippen LogP contribution in [-0.4, -0.2) is 22.8 Å². The van der Waals surface area contributed by atoms with Crippen LogP contribution in [-0.2, 0) is 6.54 Å². The third-order valence-electron chi connectivity index (χ3n) is 3.34. The van der Waals surface area contributed by atoms with Gasteiger partial charge in [-0.2, -0.15) is 5.10 Å². The van der Waals surface area contributed by atoms with E-state index < -0.39 is 0 Å². The van der Waals surface area contributed by atoms with Gasteiger partial charge >= 0.3 is 0 Å². The monoisotopic (exact) mass is 249 g/mol. The lowest BCUT2D eigenvalue weighted by Gasteiger charge is -2.15. The first kappa shape index (κ1) is 13.3. The van der Waals surface area contributed by atoms with Gasteiger partial charge in [0.15, 0.2) is 0 Å². The van der Waals surface area contributed by atoms with Crippen LogP contribution in [0.3, 0.4) is 0 Å². The highest BCUT2D eigenvalue weighted by Crippen LogP contribution is 2.21. The van der Waals surface area contributed by atoms with Crippen molar-refractivity contribution in [2.24, 2.45) is 0 Å². The topological polar surface area (TPSA) is 47.0 Å². The van der Waals surface area contributed by atoms with Crippen molar-refractivity contribution in [1.82, 2.24) is 15.5 Å². The van der Waals surface area contributed by atoms with Crippen molar-refractivity contribution in [3.05, 3.63) is 17.8 Å². The van der Waals surface area contributed by atoms with Crippen LogP contribution >= 0.6 is 0 Å². The molecular formula is C14H23N3O. The maximum absolute atomic E-state index is 5.90. The SMILES string of the molecule is CCNCc1ccc(OC2CCCCCC2)nn1. The summed E-state index contributed by atoms with van der Waals surface area (Å²) < 4.78 is 5.90. The van der Waals surface area contributed by atoms with Crippen LogP contribution < -0.4 is 10.1 Å². The van der Waals surface area contributed by atoms with Gasteiger partial charge in [-0.05, 0) is 38.3 Å². The molecule has 0 aromatic carbocycles. The summed E-state index contributed by atoms with van der Waals surface area (Å²) >= 11 is 0. The fourth-order valence-corrected chi connectivity index (χ4v) is 2.29. The van der Waals surface area contributed by atoms with Gasteiger partial charge in [0.1, 0.15) is 6.10 Å². The summed E-state index contributed by atoms with van der Waals surface area (Å²) in [7, 11) is 0. The molecule has 1 heterocycles. The van der Waals surface area contributed by atoms with E-state index in [4.69, 9.17) is 4.74 Å². The van der Waals surface area contributed by atoms with E-state index >= 15 is 0 Å². The Hall–Kier alpha value is -1.16. The lowest BCUT2D eigenvalue weighted by molar-refractivity contribution is 0.174. The molecule has 0 aliphatic heterocycles. The molecule has 0 saturated heterocycles. The number of nitrogens with zero attached hydrogens (tertiary/aromatic N) is 2. The Labute approximate surface area is 109 Å². The molecular weight excluding hydrogens is 226 g/mol. The minimum atomic E-state index is 0.335. The standard InChI is InChI=1S/C14H23N3O/c1-2-15-11-12-9-10-14(17-16-12)18-13-7-5-3-4-6-8-13/h9-10,13,15H,2-8,11H2,1H3. The maximum atomic E-state index is 5.90. The second kappa shape index (κ2) is 7.31. The first-order valence-corrected chi connectivity index (χ1v) is 7.08. The fourth-order valence-electron chi connectivity index (χ4n) is 2.29. The van der Waals surface area contributed by atoms with Crippen molar-refractivity contribution < 1.29 is 4.74 Å². The van der Waals surface area contributed by atoms with Crippen molar-refractivity contribution >= 4 is 0 Å². The zero-order chi connectivity index (χ0) is 12.6. The molecule has 1 saturated carbocycles. The summed E-state index contributed by atoms with van der Waals surface area (Å²) in [4.78, 5) is 0. The summed E-state index contributed by atoms with van der Waals surface area (Å²) in [6, 6.07) is 3.92. The van der Waals surface area contributed by atoms with Crippen LogP contribution in [0, 0.1) is 0 Å². The molecule has 1 aromatic rings. The predicted molar refractivity (Wildman–Crippen MR) is 71.5 cm³/mol. The van der Waals surface area contributed by atoms with Gasteiger partial charge in [-0.3, -0.25) is 0 Å². The van der Waals surface area contributed by atoms with Crippen molar-refractivity contribution in [3.8, 4) is 5.88 Å². The number of nitrogens with one attached hydrogen (secondary N) is 1. The highest BCUT2D eigenvalue weighted by atomic mass is 16.5. The van der Waals surface area contributed by atoms with E-state index in [9.17, 15) is 0 Å². The van der Waals surface area contributed by atoms with Gasteiger partial charge < -0.3 is 10.1 Å². The molecule has 0 amide bonds. The van der Waals surface area contributed by atoms with E-state index in [0.29, 0.717) is 12.0 Å². The molecule has 1 aliphatic carbocycles. The van der Waals surface area contributed by atoms with Gasteiger partial charge in [-0.15, -0.1) is 5.10 Å². The normalized spacial score (nSPS) is 17.4. The van der Waals surface area contributed by atoms with Crippen LogP contribution in [0.4, 0.5) is 0 Å². The first-order valence-electron chi connectivity index (χ1n) is 7.08. The van der Waals surface area contributed by atoms with Crippen LogP contribution in [0.5, 0.6) is 5.88 Å². The third-order valence-corrected chi connectivity index (χ3v) is 3.34. The van der Waals surface area contributed by atoms with Crippen molar-refractivity contribution in [3.63, 3.8) is 0 Å². The largest absolute Gasteiger partial charge is 0.473 e. The minimum Gasteiger partial charge on any atom is -0.473 e. The predicted octanol–water partition coefficient (Wildman–Crippen LogP) is 2.69. The van der Waals surface area contributed by atoms with Crippen LogP contribution in [0.15, 0.2) is 12.1 Å². The van der Waals surface area contributed by atoms with Crippen LogP contribution in [0.1, 0.15) is 51.1 Å². The van der Waals surface area contributed by atoms with Gasteiger partial charge in [-0.25, -0.2) is 0 Å². The smallest absolute Gasteiger partial charge is 0.233 e. The molecule has 4 nitrogen and oxygen atoms in total. The Morgan fingerprint density at radius 2 is 1.94 bits per heavy atom. The van der Waals surface area contributed by atoms with Crippen molar-refractivity contribution in [2.75, 3.05) is 6.54 Å². The van der Waals surface area contributed by atoms with E-state index in [2.05, 4.69) is 22.4 Å². The van der Waals surface area contributed by atoms with E-state index in [1.807, 2.05) is 12.1 Å². The average molecular weight is 249 g/mol. The molecule has 1 aliphatic rings. The van der Waals surface area contributed by atoms with E-state index in [1.165, 1.54) is 25.7 Å². The maximum Gasteiger partial charge on any atom is 0.233 e. The molecule has 4 heteroatoms. The molecule has 0 radical (unpaired) electrons. The Balaban J connectivity index is 1.84. The fraction of sp³-hybridized carbons (Fsp3) is 0.714. The molecule has 1 N–H and O–H groups in total. The average Bonchev–Trinajstić information content (AvgIpc) is 2.67. The molecule has 2 rings (SSSR count). The number of rotatable bonds is 5. The van der Waals surface area contributed by atoms with Crippen LogP contribution in [0.25, 0.3) is 0 Å². The lowest BCUT2D eigenvalue weighted by atomic mass is 10.1. The first-order chi connectivity index (χ1) is 8.88. The second-order valence-corrected chi connectivity index (χ2v) is 4.87. The van der Waals surface area contributed by atoms with Crippen molar-refractivity contribution in [1.29, 1.82) is 0 Å². The number of hydrogen-bond donors (Lipinski definition) is 1. The van der Waals surface area contributed by atoms with Crippen LogP contribution in [0.2, 0.25) is 0 Å². The molecule has 18 heavy (non-hydrogen) atoms. The molecule has 0 spiro atoms. The Morgan fingerprint density at radius 3 is 2.56 bits per heavy atom. The van der Waals surface area contributed by atoms with Gasteiger partial charge in [0.2, 0.25) is 5.88 Å². The minimum absolute atomic E-state index is 0.335. The number of ether oxygens (including phenoxy) is 1. The zero-order valence-electron chi connectivity index (χ0n) is 11.2. The summed E-state index contributed by atoms with van der Waals surface area (Å²) in [6.07, 6.45) is 7.87. The molecule has 100 valence electrons. The number of hydrogen-bond acceptors (Lipinski definition) is 4. The molecule has 0 unspecified atom stereocenters. The van der Waals surface area contributed by atoms with Crippen molar-refractivity contribution in [2.45, 2.75) is 58.1 Å². The second-order valence-electron chi connectivity index (χ2n) is 4.87. The van der Waals surface area contributed by atoms with Gasteiger partial charge in [0.05, 0.1) is 5.69 Å². The Morgan fingerprint density at radius 1 is 1.17 bits per heavy atom. The van der Waals surface area contributed by atoms with E-state index in [-0.39, 0.29) is 0 Å². The Bertz CT molecular complexity index is 331. The summed E-state index contributed by atoms with van der Waals surface area (Å²) in [5, 5.41) is 11.5. The Kier molecular flexibility index (Phi) is 5.39. The molecule has 0 bridgehead atoms.